The maximum atomic E-state index is 12.3. The molecule has 0 saturated heterocycles. The quantitative estimate of drug-likeness (QED) is 0.636. The third kappa shape index (κ3) is 3.68. The fraction of sp³-hybridized carbons (Fsp3) is 0.211. The van der Waals surface area contributed by atoms with Crippen molar-refractivity contribution in [2.24, 2.45) is 0 Å². The highest BCUT2D eigenvalue weighted by molar-refractivity contribution is 6.43. The number of imidazole rings is 1. The van der Waals surface area contributed by atoms with Crippen LogP contribution in [-0.4, -0.2) is 21.8 Å². The Bertz CT molecular complexity index is 916. The average molecular weight is 336 g/mol. The first-order chi connectivity index (χ1) is 12.1. The molecule has 3 aromatic rings. The minimum Gasteiger partial charge on any atom is -0.345 e. The van der Waals surface area contributed by atoms with E-state index in [4.69, 9.17) is 0 Å². The molecule has 2 aromatic carbocycles. The van der Waals surface area contributed by atoms with Gasteiger partial charge < -0.3 is 15.6 Å². The second-order valence-corrected chi connectivity index (χ2v) is 5.94. The van der Waals surface area contributed by atoms with E-state index in [0.29, 0.717) is 17.3 Å². The highest BCUT2D eigenvalue weighted by atomic mass is 16.2. The van der Waals surface area contributed by atoms with Crippen LogP contribution in [0.2, 0.25) is 0 Å². The topological polar surface area (TPSA) is 86.9 Å². The summed E-state index contributed by atoms with van der Waals surface area (Å²) in [6, 6.07) is 12.8. The van der Waals surface area contributed by atoms with Crippen LogP contribution in [0.25, 0.3) is 11.0 Å². The summed E-state index contributed by atoms with van der Waals surface area (Å²) in [4.78, 5) is 31.5. The zero-order chi connectivity index (χ0) is 17.8. The predicted molar refractivity (Wildman–Crippen MR) is 98.5 cm³/mol. The Morgan fingerprint density at radius 3 is 2.68 bits per heavy atom. The summed E-state index contributed by atoms with van der Waals surface area (Å²) in [6.07, 6.45) is 2.53. The Morgan fingerprint density at radius 1 is 1.12 bits per heavy atom. The van der Waals surface area contributed by atoms with E-state index in [1.807, 2.05) is 24.3 Å². The summed E-state index contributed by atoms with van der Waals surface area (Å²) in [7, 11) is 0. The van der Waals surface area contributed by atoms with Crippen LogP contribution in [0, 0.1) is 0 Å². The number of nitrogens with zero attached hydrogens (tertiary/aromatic N) is 1. The van der Waals surface area contributed by atoms with Crippen molar-refractivity contribution in [3.8, 4) is 0 Å². The summed E-state index contributed by atoms with van der Waals surface area (Å²) in [5.41, 5.74) is 3.81. The van der Waals surface area contributed by atoms with Crippen molar-refractivity contribution in [3.05, 3.63) is 54.4 Å². The number of anilines is 2. The molecule has 0 aliphatic heterocycles. The van der Waals surface area contributed by atoms with Crippen molar-refractivity contribution in [2.75, 3.05) is 10.6 Å². The first-order valence-electron chi connectivity index (χ1n) is 8.23. The van der Waals surface area contributed by atoms with Crippen LogP contribution >= 0.6 is 0 Å². The highest BCUT2D eigenvalue weighted by Crippen LogP contribution is 2.26. The van der Waals surface area contributed by atoms with Gasteiger partial charge in [-0.2, -0.15) is 0 Å². The summed E-state index contributed by atoms with van der Waals surface area (Å²) >= 11 is 0. The molecule has 6 nitrogen and oxygen atoms in total. The van der Waals surface area contributed by atoms with E-state index in [0.717, 1.165) is 23.0 Å². The van der Waals surface area contributed by atoms with E-state index < -0.39 is 11.8 Å². The molecule has 0 aliphatic carbocycles. The van der Waals surface area contributed by atoms with Gasteiger partial charge in [-0.05, 0) is 42.2 Å². The van der Waals surface area contributed by atoms with Crippen LogP contribution in [0.3, 0.4) is 0 Å². The molecular formula is C19H20N4O2. The van der Waals surface area contributed by atoms with Gasteiger partial charge in [0.05, 0.1) is 17.4 Å². The van der Waals surface area contributed by atoms with Gasteiger partial charge in [0, 0.05) is 11.4 Å². The molecule has 0 saturated carbocycles. The number of benzene rings is 2. The number of rotatable bonds is 4. The molecule has 6 heteroatoms. The van der Waals surface area contributed by atoms with Gasteiger partial charge in [-0.3, -0.25) is 9.59 Å². The Balaban J connectivity index is 1.72. The van der Waals surface area contributed by atoms with Gasteiger partial charge in [0.15, 0.2) is 0 Å². The van der Waals surface area contributed by atoms with Gasteiger partial charge >= 0.3 is 11.8 Å². The summed E-state index contributed by atoms with van der Waals surface area (Å²) in [5.74, 6) is -1.11. The van der Waals surface area contributed by atoms with Crippen LogP contribution in [0.1, 0.15) is 31.7 Å². The minimum absolute atomic E-state index is 0.294. The van der Waals surface area contributed by atoms with Gasteiger partial charge in [-0.1, -0.05) is 32.0 Å². The van der Waals surface area contributed by atoms with E-state index in [1.54, 1.807) is 24.5 Å². The van der Waals surface area contributed by atoms with Crippen LogP contribution in [0.4, 0.5) is 11.4 Å². The molecule has 0 aliphatic rings. The lowest BCUT2D eigenvalue weighted by molar-refractivity contribution is -0.133. The Kier molecular flexibility index (Phi) is 4.79. The lowest BCUT2D eigenvalue weighted by atomic mass is 9.97. The van der Waals surface area contributed by atoms with Crippen molar-refractivity contribution >= 4 is 34.2 Å². The van der Waals surface area contributed by atoms with Crippen molar-refractivity contribution < 1.29 is 9.59 Å². The molecule has 2 amide bonds. The molecule has 0 fully saturated rings. The van der Waals surface area contributed by atoms with Crippen LogP contribution in [0.15, 0.2) is 48.8 Å². The number of nitrogens with one attached hydrogen (secondary N) is 3. The van der Waals surface area contributed by atoms with E-state index in [2.05, 4.69) is 34.4 Å². The Morgan fingerprint density at radius 2 is 1.88 bits per heavy atom. The molecule has 3 N–H and O–H groups in total. The zero-order valence-electron chi connectivity index (χ0n) is 14.2. The number of aromatic amines is 1. The smallest absolute Gasteiger partial charge is 0.314 e. The lowest BCUT2D eigenvalue weighted by Gasteiger charge is -2.15. The summed E-state index contributed by atoms with van der Waals surface area (Å²) < 4.78 is 0. The molecule has 0 bridgehead atoms. The predicted octanol–water partition coefficient (Wildman–Crippen LogP) is 3.65. The monoisotopic (exact) mass is 336 g/mol. The average Bonchev–Trinajstić information content (AvgIpc) is 3.09. The van der Waals surface area contributed by atoms with Gasteiger partial charge in [-0.15, -0.1) is 0 Å². The number of para-hydroxylation sites is 1. The largest absolute Gasteiger partial charge is 0.345 e. The second kappa shape index (κ2) is 7.17. The standard InChI is InChI=1S/C19H20N4O2/c1-3-12(2)14-6-4-5-7-15(14)23-19(25)18(24)22-13-8-9-16-17(10-13)21-11-20-16/h4-12H,3H2,1-2H3,(H,20,21)(H,22,24)(H,23,25). The molecule has 0 spiro atoms. The van der Waals surface area contributed by atoms with Crippen LogP contribution in [0.5, 0.6) is 0 Å². The first kappa shape index (κ1) is 16.7. The van der Waals surface area contributed by atoms with Crippen molar-refractivity contribution in [3.63, 3.8) is 0 Å². The number of carbonyl (C=O) groups is 2. The van der Waals surface area contributed by atoms with E-state index in [1.165, 1.54) is 0 Å². The fourth-order valence-electron chi connectivity index (χ4n) is 2.64. The maximum absolute atomic E-state index is 12.3. The van der Waals surface area contributed by atoms with E-state index in [9.17, 15) is 9.59 Å². The molecule has 1 unspecified atom stereocenters. The van der Waals surface area contributed by atoms with Gasteiger partial charge in [-0.25, -0.2) is 4.98 Å². The minimum atomic E-state index is -0.710. The third-order valence-electron chi connectivity index (χ3n) is 4.24. The Labute approximate surface area is 145 Å². The van der Waals surface area contributed by atoms with Gasteiger partial charge in [0.25, 0.3) is 0 Å². The Hall–Kier alpha value is -3.15. The van der Waals surface area contributed by atoms with E-state index >= 15 is 0 Å². The van der Waals surface area contributed by atoms with Crippen molar-refractivity contribution in [2.45, 2.75) is 26.2 Å². The number of aromatic nitrogens is 2. The molecular weight excluding hydrogens is 316 g/mol. The zero-order valence-corrected chi connectivity index (χ0v) is 14.2. The third-order valence-corrected chi connectivity index (χ3v) is 4.24. The number of hydrogen-bond acceptors (Lipinski definition) is 3. The molecule has 1 atom stereocenters. The lowest BCUT2D eigenvalue weighted by Crippen LogP contribution is -2.29. The summed E-state index contributed by atoms with van der Waals surface area (Å²) in [6.45, 7) is 4.17. The SMILES string of the molecule is CCC(C)c1ccccc1NC(=O)C(=O)Nc1ccc2nc[nH]c2c1. The number of hydrogen-bond donors (Lipinski definition) is 3. The van der Waals surface area contributed by atoms with Crippen molar-refractivity contribution in [1.82, 2.24) is 9.97 Å². The molecule has 1 heterocycles. The fourth-order valence-corrected chi connectivity index (χ4v) is 2.64. The molecule has 1 aromatic heterocycles. The number of amides is 2. The van der Waals surface area contributed by atoms with Crippen LogP contribution in [-0.2, 0) is 9.59 Å². The van der Waals surface area contributed by atoms with Gasteiger partial charge in [0.1, 0.15) is 0 Å². The highest BCUT2D eigenvalue weighted by Gasteiger charge is 2.17. The number of H-pyrrole nitrogens is 1. The molecule has 25 heavy (non-hydrogen) atoms. The van der Waals surface area contributed by atoms with Crippen LogP contribution < -0.4 is 10.6 Å². The number of carbonyl (C=O) groups excluding carboxylic acids is 2. The second-order valence-electron chi connectivity index (χ2n) is 5.94. The van der Waals surface area contributed by atoms with Crippen molar-refractivity contribution in [1.29, 1.82) is 0 Å². The maximum Gasteiger partial charge on any atom is 0.314 e. The van der Waals surface area contributed by atoms with E-state index in [-0.39, 0.29) is 0 Å². The normalized spacial score (nSPS) is 11.9. The summed E-state index contributed by atoms with van der Waals surface area (Å²) in [5, 5.41) is 5.31. The number of fused-ring (bicyclic) bond motifs is 1. The van der Waals surface area contributed by atoms with Gasteiger partial charge in [0.2, 0.25) is 0 Å². The molecule has 3 rings (SSSR count). The molecule has 128 valence electrons. The first-order valence-corrected chi connectivity index (χ1v) is 8.23. The molecule has 0 radical (unpaired) electrons.